The van der Waals surface area contributed by atoms with Gasteiger partial charge in [0.15, 0.2) is 0 Å². The summed E-state index contributed by atoms with van der Waals surface area (Å²) < 4.78 is 1.29. The van der Waals surface area contributed by atoms with Crippen molar-refractivity contribution in [3.8, 4) is 0 Å². The molecular weight excluding hydrogens is 400 g/mol. The number of rotatable bonds is 4. The molecule has 1 unspecified atom stereocenters. The van der Waals surface area contributed by atoms with Crippen LogP contribution in [0.2, 0.25) is 10.0 Å². The van der Waals surface area contributed by atoms with Gasteiger partial charge in [0.25, 0.3) is 0 Å². The van der Waals surface area contributed by atoms with Crippen LogP contribution >= 0.6 is 57.1 Å². The summed E-state index contributed by atoms with van der Waals surface area (Å²) in [6.07, 6.45) is 0.836. The molecule has 0 radical (unpaired) electrons. The van der Waals surface area contributed by atoms with Gasteiger partial charge in [0, 0.05) is 6.04 Å². The maximum absolute atomic E-state index is 6.23. The van der Waals surface area contributed by atoms with Gasteiger partial charge in [-0.1, -0.05) is 35.3 Å². The first kappa shape index (κ1) is 14.6. The Morgan fingerprint density at radius 3 is 2.78 bits per heavy atom. The van der Waals surface area contributed by atoms with Gasteiger partial charge in [-0.25, -0.2) is 0 Å². The van der Waals surface area contributed by atoms with Crippen molar-refractivity contribution < 1.29 is 0 Å². The maximum Gasteiger partial charge on any atom is 0.0656 e. The van der Waals surface area contributed by atoms with Gasteiger partial charge in [-0.15, -0.1) is 11.3 Å². The number of thiophene rings is 1. The Morgan fingerprint density at radius 1 is 1.39 bits per heavy atom. The fraction of sp³-hybridized carbons (Fsp3) is 0.231. The van der Waals surface area contributed by atoms with E-state index in [0.29, 0.717) is 10.0 Å². The summed E-state index contributed by atoms with van der Waals surface area (Å²) in [5.41, 5.74) is 2.37. The maximum atomic E-state index is 6.23. The van der Waals surface area contributed by atoms with Crippen molar-refractivity contribution in [1.29, 1.82) is 0 Å². The van der Waals surface area contributed by atoms with Crippen LogP contribution in [0.25, 0.3) is 0 Å². The number of halogens is 3. The molecule has 1 nitrogen and oxygen atoms in total. The summed E-state index contributed by atoms with van der Waals surface area (Å²) in [5, 5.41) is 6.78. The van der Waals surface area contributed by atoms with Crippen molar-refractivity contribution in [3.05, 3.63) is 53.7 Å². The second-order valence-electron chi connectivity index (χ2n) is 3.94. The Balaban J connectivity index is 2.23. The van der Waals surface area contributed by atoms with Crippen LogP contribution in [0.15, 0.2) is 29.6 Å². The molecule has 18 heavy (non-hydrogen) atoms. The van der Waals surface area contributed by atoms with Crippen LogP contribution in [-0.4, -0.2) is 7.05 Å². The Hall–Kier alpha value is 0.190. The molecule has 0 saturated carbocycles. The van der Waals surface area contributed by atoms with E-state index in [1.807, 2.05) is 25.2 Å². The van der Waals surface area contributed by atoms with Crippen molar-refractivity contribution >= 4 is 57.1 Å². The Labute approximate surface area is 135 Å². The van der Waals surface area contributed by atoms with Crippen LogP contribution in [0.4, 0.5) is 0 Å². The van der Waals surface area contributed by atoms with E-state index >= 15 is 0 Å². The van der Waals surface area contributed by atoms with Crippen LogP contribution in [-0.2, 0) is 6.42 Å². The van der Waals surface area contributed by atoms with Crippen LogP contribution in [0.5, 0.6) is 0 Å². The molecular formula is C13H12Cl2INS. The normalized spacial score (nSPS) is 12.7. The average Bonchev–Trinajstić information content (AvgIpc) is 2.78. The molecule has 1 atom stereocenters. The van der Waals surface area contributed by atoms with Crippen molar-refractivity contribution in [2.24, 2.45) is 0 Å². The van der Waals surface area contributed by atoms with E-state index in [-0.39, 0.29) is 6.04 Å². The summed E-state index contributed by atoms with van der Waals surface area (Å²) in [5.74, 6) is 0. The molecule has 2 aromatic rings. The van der Waals surface area contributed by atoms with Crippen LogP contribution in [0, 0.1) is 2.88 Å². The topological polar surface area (TPSA) is 12.0 Å². The lowest BCUT2D eigenvalue weighted by Gasteiger charge is -2.16. The number of likely N-dealkylation sites (N-methyl/N-ethyl adjacent to an activating group) is 1. The summed E-state index contributed by atoms with van der Waals surface area (Å²) in [4.78, 5) is 0. The molecule has 0 aliphatic heterocycles. The first-order chi connectivity index (χ1) is 8.61. The number of nitrogens with one attached hydrogen (secondary N) is 1. The Kier molecular flexibility index (Phi) is 5.33. The molecule has 96 valence electrons. The molecule has 1 aromatic heterocycles. The second-order valence-corrected chi connectivity index (χ2v) is 7.53. The third-order valence-corrected chi connectivity index (χ3v) is 5.46. The van der Waals surface area contributed by atoms with Crippen molar-refractivity contribution in [1.82, 2.24) is 5.32 Å². The van der Waals surface area contributed by atoms with Crippen molar-refractivity contribution in [3.63, 3.8) is 0 Å². The molecule has 1 heterocycles. The highest BCUT2D eigenvalue weighted by molar-refractivity contribution is 14.1. The van der Waals surface area contributed by atoms with Crippen molar-refractivity contribution in [2.75, 3.05) is 7.05 Å². The number of hydrogen-bond acceptors (Lipinski definition) is 2. The standard InChI is InChI=1S/C13H12Cl2INS/c1-17-11(9-6-12(16)18-7-9)5-8-3-2-4-10(14)13(8)15/h2-4,6-7,11,17H,5H2,1H3. The zero-order valence-electron chi connectivity index (χ0n) is 9.71. The van der Waals surface area contributed by atoms with E-state index in [1.165, 1.54) is 8.45 Å². The van der Waals surface area contributed by atoms with E-state index in [0.717, 1.165) is 12.0 Å². The fourth-order valence-corrected chi connectivity index (χ4v) is 3.64. The largest absolute Gasteiger partial charge is 0.313 e. The van der Waals surface area contributed by atoms with Crippen LogP contribution in [0.1, 0.15) is 17.2 Å². The molecule has 0 bridgehead atoms. The lowest BCUT2D eigenvalue weighted by Crippen LogP contribution is -2.18. The first-order valence-electron chi connectivity index (χ1n) is 5.46. The fourth-order valence-electron chi connectivity index (χ4n) is 1.82. The number of benzene rings is 1. The van der Waals surface area contributed by atoms with Gasteiger partial charge >= 0.3 is 0 Å². The summed E-state index contributed by atoms with van der Waals surface area (Å²) in [6.45, 7) is 0. The highest BCUT2D eigenvalue weighted by atomic mass is 127. The second kappa shape index (κ2) is 6.57. The van der Waals surface area contributed by atoms with Gasteiger partial charge in [0.2, 0.25) is 0 Å². The molecule has 5 heteroatoms. The molecule has 1 aromatic carbocycles. The molecule has 0 fully saturated rings. The predicted molar refractivity (Wildman–Crippen MR) is 89.0 cm³/mol. The van der Waals surface area contributed by atoms with E-state index < -0.39 is 0 Å². The predicted octanol–water partition coefficient (Wildman–Crippen LogP) is 5.16. The van der Waals surface area contributed by atoms with Gasteiger partial charge < -0.3 is 5.32 Å². The summed E-state index contributed by atoms with van der Waals surface area (Å²) >= 11 is 16.4. The average molecular weight is 412 g/mol. The van der Waals surface area contributed by atoms with Gasteiger partial charge in [-0.3, -0.25) is 0 Å². The SMILES string of the molecule is CNC(Cc1cccc(Cl)c1Cl)c1csc(I)c1. The van der Waals surface area contributed by atoms with Gasteiger partial charge in [0.05, 0.1) is 12.9 Å². The van der Waals surface area contributed by atoms with Crippen LogP contribution < -0.4 is 5.32 Å². The Morgan fingerprint density at radius 2 is 2.17 bits per heavy atom. The molecule has 0 aliphatic carbocycles. The third-order valence-electron chi connectivity index (χ3n) is 2.79. The first-order valence-corrected chi connectivity index (χ1v) is 8.17. The molecule has 1 N–H and O–H groups in total. The minimum Gasteiger partial charge on any atom is -0.313 e. The smallest absolute Gasteiger partial charge is 0.0656 e. The lowest BCUT2D eigenvalue weighted by atomic mass is 10.0. The zero-order valence-corrected chi connectivity index (χ0v) is 14.2. The molecule has 2 rings (SSSR count). The highest BCUT2D eigenvalue weighted by Gasteiger charge is 2.14. The van der Waals surface area contributed by atoms with Gasteiger partial charge in [0.1, 0.15) is 0 Å². The van der Waals surface area contributed by atoms with E-state index in [2.05, 4.69) is 39.4 Å². The zero-order chi connectivity index (χ0) is 13.1. The highest BCUT2D eigenvalue weighted by Crippen LogP contribution is 2.30. The minimum absolute atomic E-state index is 0.265. The van der Waals surface area contributed by atoms with E-state index in [9.17, 15) is 0 Å². The van der Waals surface area contributed by atoms with Gasteiger partial charge in [-0.05, 0) is 64.7 Å². The summed E-state index contributed by atoms with van der Waals surface area (Å²) in [7, 11) is 1.97. The van der Waals surface area contributed by atoms with E-state index in [4.69, 9.17) is 23.2 Å². The van der Waals surface area contributed by atoms with Crippen LogP contribution in [0.3, 0.4) is 0 Å². The quantitative estimate of drug-likeness (QED) is 0.685. The monoisotopic (exact) mass is 411 g/mol. The molecule has 0 amide bonds. The van der Waals surface area contributed by atoms with Crippen molar-refractivity contribution in [2.45, 2.75) is 12.5 Å². The van der Waals surface area contributed by atoms with E-state index in [1.54, 1.807) is 11.3 Å². The molecule has 0 aliphatic rings. The summed E-state index contributed by atoms with van der Waals surface area (Å²) in [6, 6.07) is 8.24. The molecule has 0 saturated heterocycles. The lowest BCUT2D eigenvalue weighted by molar-refractivity contribution is 0.594. The number of hydrogen-bond donors (Lipinski definition) is 1. The third kappa shape index (κ3) is 3.39. The minimum atomic E-state index is 0.265. The molecule has 0 spiro atoms. The van der Waals surface area contributed by atoms with Gasteiger partial charge in [-0.2, -0.15) is 0 Å². The Bertz CT molecular complexity index is 542.